The van der Waals surface area contributed by atoms with Crippen LogP contribution in [0.15, 0.2) is 109 Å². The van der Waals surface area contributed by atoms with Crippen LogP contribution >= 0.6 is 15.8 Å². The third-order valence-corrected chi connectivity index (χ3v) is 15.0. The van der Waals surface area contributed by atoms with E-state index in [4.69, 9.17) is 0 Å². The van der Waals surface area contributed by atoms with Crippen LogP contribution in [0.5, 0.6) is 0 Å². The zero-order valence-electron chi connectivity index (χ0n) is 23.4. The Morgan fingerprint density at radius 2 is 1.05 bits per heavy atom. The van der Waals surface area contributed by atoms with Gasteiger partial charge in [-0.25, -0.2) is 12.1 Å². The minimum Gasteiger partial charge on any atom is -0.748 e. The Labute approximate surface area is 250 Å². The summed E-state index contributed by atoms with van der Waals surface area (Å²) in [5.41, 5.74) is 4.38. The van der Waals surface area contributed by atoms with E-state index in [-0.39, 0.29) is 25.0 Å². The Balaban J connectivity index is 0.000000530. The number of hydrogen-bond acceptors (Lipinski definition) is 0. The van der Waals surface area contributed by atoms with Crippen molar-refractivity contribution in [3.8, 4) is 0 Å². The molecule has 1 atom stereocenters. The molecule has 0 spiro atoms. The SMILES string of the molecule is C[C@H]([c-]1cccc1P(c1ccccc1)c1ccccc1)P(C1CCCCC1)C1CCCCC1.[Fe].[cH-]1[cH-][cH-][cH-][cH-]1. The third-order valence-electron chi connectivity index (χ3n) is 8.54. The Kier molecular flexibility index (Phi) is 12.6. The van der Waals surface area contributed by atoms with E-state index in [1.807, 2.05) is 30.3 Å². The van der Waals surface area contributed by atoms with E-state index >= 15 is 0 Å². The molecule has 6 rings (SSSR count). The molecule has 212 valence electrons. The van der Waals surface area contributed by atoms with Crippen LogP contribution in [-0.2, 0) is 17.1 Å². The molecule has 0 aromatic heterocycles. The van der Waals surface area contributed by atoms with Crippen LogP contribution in [0, 0.1) is 0 Å². The molecule has 2 aliphatic rings. The van der Waals surface area contributed by atoms with Gasteiger partial charge < -0.3 is 30.3 Å². The monoisotopic (exact) mass is 594 g/mol. The fourth-order valence-electron chi connectivity index (χ4n) is 6.73. The smallest absolute Gasteiger partial charge is 0 e. The minimum atomic E-state index is -0.511. The van der Waals surface area contributed by atoms with E-state index in [9.17, 15) is 0 Å². The van der Waals surface area contributed by atoms with Crippen LogP contribution in [0.2, 0.25) is 0 Å². The van der Waals surface area contributed by atoms with E-state index in [0.717, 1.165) is 11.3 Å². The molecule has 2 fully saturated rings. The predicted octanol–water partition coefficient (Wildman–Crippen LogP) is 9.77. The maximum atomic E-state index is 2.62. The van der Waals surface area contributed by atoms with Gasteiger partial charge in [0, 0.05) is 17.1 Å². The quantitative estimate of drug-likeness (QED) is 0.114. The van der Waals surface area contributed by atoms with Gasteiger partial charge in [-0.2, -0.15) is 6.07 Å². The van der Waals surface area contributed by atoms with E-state index in [1.54, 1.807) is 10.9 Å². The molecular formula is C36H44FeP2-6. The van der Waals surface area contributed by atoms with Crippen molar-refractivity contribution >= 4 is 31.8 Å². The van der Waals surface area contributed by atoms with Gasteiger partial charge in [0.05, 0.1) is 0 Å². The van der Waals surface area contributed by atoms with Crippen molar-refractivity contribution in [2.75, 3.05) is 0 Å². The molecule has 0 amide bonds. The van der Waals surface area contributed by atoms with Crippen LogP contribution in [0.1, 0.15) is 82.4 Å². The van der Waals surface area contributed by atoms with Crippen molar-refractivity contribution in [3.63, 3.8) is 0 Å². The van der Waals surface area contributed by atoms with Crippen LogP contribution < -0.4 is 15.9 Å². The molecule has 2 aliphatic carbocycles. The average molecular weight is 595 g/mol. The number of benzene rings is 2. The first kappa shape index (κ1) is 30.5. The summed E-state index contributed by atoms with van der Waals surface area (Å²) >= 11 is 0. The van der Waals surface area contributed by atoms with Gasteiger partial charge in [-0.05, 0) is 61.2 Å². The second kappa shape index (κ2) is 16.1. The molecule has 4 aromatic carbocycles. The first-order valence-corrected chi connectivity index (χ1v) is 17.8. The van der Waals surface area contributed by atoms with Crippen molar-refractivity contribution in [1.82, 2.24) is 0 Å². The van der Waals surface area contributed by atoms with Crippen LogP contribution in [0.25, 0.3) is 0 Å². The molecule has 2 saturated carbocycles. The van der Waals surface area contributed by atoms with E-state index < -0.39 is 7.92 Å². The molecule has 3 heteroatoms. The molecular weight excluding hydrogens is 550 g/mol. The Morgan fingerprint density at radius 3 is 1.49 bits per heavy atom. The first-order valence-electron chi connectivity index (χ1n) is 14.9. The Morgan fingerprint density at radius 1 is 0.615 bits per heavy atom. The molecule has 0 heterocycles. The summed E-state index contributed by atoms with van der Waals surface area (Å²) in [6, 6.07) is 39.9. The molecule has 4 aromatic rings. The molecule has 0 nitrogen and oxygen atoms in total. The summed E-state index contributed by atoms with van der Waals surface area (Å²) in [5, 5.41) is 4.59. The molecule has 0 N–H and O–H groups in total. The summed E-state index contributed by atoms with van der Waals surface area (Å²) in [5.74, 6) is 0. The van der Waals surface area contributed by atoms with Crippen molar-refractivity contribution in [2.24, 2.45) is 0 Å². The predicted molar refractivity (Wildman–Crippen MR) is 172 cm³/mol. The molecule has 0 aliphatic heterocycles. The fraction of sp³-hybridized carbons (Fsp3) is 0.389. The minimum absolute atomic E-state index is 0. The average Bonchev–Trinajstić information content (AvgIpc) is 3.72. The maximum absolute atomic E-state index is 2.62. The van der Waals surface area contributed by atoms with Crippen LogP contribution in [-0.4, -0.2) is 11.3 Å². The van der Waals surface area contributed by atoms with Gasteiger partial charge in [0.2, 0.25) is 0 Å². The summed E-state index contributed by atoms with van der Waals surface area (Å²) in [7, 11) is -0.489. The van der Waals surface area contributed by atoms with E-state index in [1.165, 1.54) is 74.8 Å². The first-order chi connectivity index (χ1) is 18.8. The molecule has 39 heavy (non-hydrogen) atoms. The second-order valence-electron chi connectivity index (χ2n) is 11.0. The largest absolute Gasteiger partial charge is 0.748 e. The van der Waals surface area contributed by atoms with Gasteiger partial charge in [0.25, 0.3) is 0 Å². The fourth-order valence-corrected chi connectivity index (χ4v) is 13.7. The second-order valence-corrected chi connectivity index (χ2v) is 16.4. The zero-order valence-corrected chi connectivity index (χ0v) is 26.3. The number of hydrogen-bond donors (Lipinski definition) is 0. The van der Waals surface area contributed by atoms with Crippen LogP contribution in [0.3, 0.4) is 0 Å². The topological polar surface area (TPSA) is 0 Å². The maximum Gasteiger partial charge on any atom is 0 e. The summed E-state index contributed by atoms with van der Waals surface area (Å²) in [4.78, 5) is 0. The third kappa shape index (κ3) is 8.05. The molecule has 0 saturated heterocycles. The van der Waals surface area contributed by atoms with Crippen molar-refractivity contribution in [2.45, 2.75) is 88.1 Å². The van der Waals surface area contributed by atoms with Gasteiger partial charge in [-0.1, -0.05) is 106 Å². The van der Waals surface area contributed by atoms with Gasteiger partial charge >= 0.3 is 0 Å². The Bertz CT molecular complexity index is 1080. The summed E-state index contributed by atoms with van der Waals surface area (Å²) in [6.07, 6.45) is 14.8. The molecule has 0 radical (unpaired) electrons. The van der Waals surface area contributed by atoms with Crippen LogP contribution in [0.4, 0.5) is 0 Å². The summed E-state index contributed by atoms with van der Waals surface area (Å²) < 4.78 is 0. The van der Waals surface area contributed by atoms with Crippen molar-refractivity contribution < 1.29 is 17.1 Å². The normalized spacial score (nSPS) is 17.3. The molecule has 0 bridgehead atoms. The van der Waals surface area contributed by atoms with Gasteiger partial charge in [0.15, 0.2) is 0 Å². The van der Waals surface area contributed by atoms with E-state index in [0.29, 0.717) is 5.66 Å². The summed E-state index contributed by atoms with van der Waals surface area (Å²) in [6.45, 7) is 2.62. The number of rotatable bonds is 7. The van der Waals surface area contributed by atoms with E-state index in [2.05, 4.69) is 85.8 Å². The standard InChI is InChI=1S/C31H39P2.C5H5.Fe/c1-25(32(26-15-6-2-7-16-26)27-17-8-3-9-18-27)30-23-14-24-31(30)33(28-19-10-4-11-20-28)29-21-12-5-13-22-29;1-2-4-5-3-1;/h4-5,10-14,19-27H,2-3,6-9,15-18H2,1H3;1-5H;/q-1;-5;/t25-;;/m1../s1. The van der Waals surface area contributed by atoms with Crippen molar-refractivity contribution in [1.29, 1.82) is 0 Å². The van der Waals surface area contributed by atoms with Gasteiger partial charge in [-0.3, -0.25) is 0 Å². The van der Waals surface area contributed by atoms with Crippen molar-refractivity contribution in [3.05, 3.63) is 115 Å². The van der Waals surface area contributed by atoms with Gasteiger partial charge in [0.1, 0.15) is 0 Å². The Hall–Kier alpha value is -1.48. The zero-order chi connectivity index (χ0) is 26.0. The molecule has 0 unspecified atom stereocenters. The van der Waals surface area contributed by atoms with Gasteiger partial charge in [-0.15, -0.1) is 18.8 Å².